The number of nitrogens with one attached hydrogen (secondary N) is 1. The summed E-state index contributed by atoms with van der Waals surface area (Å²) in [5, 5.41) is 7.46. The Morgan fingerprint density at radius 1 is 1.30 bits per heavy atom. The van der Waals surface area contributed by atoms with Crippen LogP contribution < -0.4 is 5.32 Å². The maximum absolute atomic E-state index is 5.39. The predicted octanol–water partition coefficient (Wildman–Crippen LogP) is 2.09. The van der Waals surface area contributed by atoms with Gasteiger partial charge in [-0.15, -0.1) is 0 Å². The molecule has 1 aromatic rings. The van der Waals surface area contributed by atoms with Gasteiger partial charge in [-0.25, -0.2) is 0 Å². The van der Waals surface area contributed by atoms with Crippen molar-refractivity contribution in [3.8, 4) is 0 Å². The van der Waals surface area contributed by atoms with Crippen molar-refractivity contribution in [2.75, 3.05) is 26.2 Å². The Morgan fingerprint density at radius 2 is 2.00 bits per heavy atom. The fraction of sp³-hybridized carbons (Fsp3) is 0.867. The monoisotopic (exact) mass is 280 g/mol. The van der Waals surface area contributed by atoms with Crippen molar-refractivity contribution in [3.05, 3.63) is 11.7 Å². The van der Waals surface area contributed by atoms with E-state index in [0.717, 1.165) is 50.9 Å². The topological polar surface area (TPSA) is 54.2 Å². The molecule has 0 spiro atoms. The quantitative estimate of drug-likeness (QED) is 0.895. The van der Waals surface area contributed by atoms with Crippen molar-refractivity contribution in [2.24, 2.45) is 11.3 Å². The van der Waals surface area contributed by atoms with Crippen LogP contribution in [0.1, 0.15) is 45.8 Å². The summed E-state index contributed by atoms with van der Waals surface area (Å²) in [6, 6.07) is 0. The van der Waals surface area contributed by atoms with E-state index in [1.165, 1.54) is 6.42 Å². The average molecular weight is 280 g/mol. The van der Waals surface area contributed by atoms with Gasteiger partial charge in [-0.2, -0.15) is 4.98 Å². The molecule has 0 aliphatic carbocycles. The first-order valence-electron chi connectivity index (χ1n) is 7.67. The van der Waals surface area contributed by atoms with Crippen LogP contribution in [-0.2, 0) is 13.0 Å². The Bertz CT molecular complexity index is 404. The lowest BCUT2D eigenvalue weighted by Crippen LogP contribution is -2.43. The molecule has 0 aromatic carbocycles. The Morgan fingerprint density at radius 3 is 2.65 bits per heavy atom. The molecule has 0 amide bonds. The van der Waals surface area contributed by atoms with Crippen molar-refractivity contribution >= 4 is 0 Å². The van der Waals surface area contributed by atoms with Gasteiger partial charge in [-0.1, -0.05) is 32.9 Å². The van der Waals surface area contributed by atoms with Gasteiger partial charge in [-0.3, -0.25) is 4.90 Å². The number of rotatable bonds is 5. The van der Waals surface area contributed by atoms with Crippen LogP contribution >= 0.6 is 0 Å². The number of hydrogen-bond acceptors (Lipinski definition) is 5. The maximum Gasteiger partial charge on any atom is 0.226 e. The Labute approximate surface area is 122 Å². The molecule has 5 nitrogen and oxygen atoms in total. The minimum absolute atomic E-state index is 0.350. The van der Waals surface area contributed by atoms with Crippen molar-refractivity contribution in [1.29, 1.82) is 0 Å². The number of aromatic nitrogens is 2. The highest BCUT2D eigenvalue weighted by Crippen LogP contribution is 2.26. The van der Waals surface area contributed by atoms with E-state index in [-0.39, 0.29) is 0 Å². The minimum atomic E-state index is 0.350. The first-order valence-corrected chi connectivity index (χ1v) is 7.67. The highest BCUT2D eigenvalue weighted by molar-refractivity contribution is 4.89. The first-order chi connectivity index (χ1) is 9.42. The lowest BCUT2D eigenvalue weighted by molar-refractivity contribution is 0.224. The Kier molecular flexibility index (Phi) is 5.16. The lowest BCUT2D eigenvalue weighted by atomic mass is 9.84. The number of nitrogens with zero attached hydrogens (tertiary/aromatic N) is 3. The number of piperazine rings is 1. The highest BCUT2D eigenvalue weighted by atomic mass is 16.5. The van der Waals surface area contributed by atoms with E-state index in [1.807, 2.05) is 0 Å². The van der Waals surface area contributed by atoms with Crippen molar-refractivity contribution in [3.63, 3.8) is 0 Å². The summed E-state index contributed by atoms with van der Waals surface area (Å²) in [4.78, 5) is 6.90. The zero-order valence-electron chi connectivity index (χ0n) is 13.3. The summed E-state index contributed by atoms with van der Waals surface area (Å²) in [6.45, 7) is 14.1. The molecule has 20 heavy (non-hydrogen) atoms. The van der Waals surface area contributed by atoms with Gasteiger partial charge in [0.25, 0.3) is 0 Å². The molecule has 1 aromatic heterocycles. The first kappa shape index (κ1) is 15.4. The predicted molar refractivity (Wildman–Crippen MR) is 79.4 cm³/mol. The third-order valence-electron chi connectivity index (χ3n) is 3.57. The van der Waals surface area contributed by atoms with Crippen LogP contribution in [-0.4, -0.2) is 41.2 Å². The van der Waals surface area contributed by atoms with E-state index >= 15 is 0 Å². The van der Waals surface area contributed by atoms with Crippen LogP contribution in [0.15, 0.2) is 4.52 Å². The molecule has 0 bridgehead atoms. The molecule has 1 unspecified atom stereocenters. The summed E-state index contributed by atoms with van der Waals surface area (Å²) in [5.74, 6) is 2.18. The third-order valence-corrected chi connectivity index (χ3v) is 3.57. The van der Waals surface area contributed by atoms with Crippen molar-refractivity contribution in [2.45, 2.75) is 47.1 Å². The second kappa shape index (κ2) is 6.68. The van der Waals surface area contributed by atoms with E-state index in [2.05, 4.69) is 48.1 Å². The van der Waals surface area contributed by atoms with Gasteiger partial charge >= 0.3 is 0 Å². The van der Waals surface area contributed by atoms with Gasteiger partial charge in [0.05, 0.1) is 6.54 Å². The van der Waals surface area contributed by atoms with E-state index in [4.69, 9.17) is 4.52 Å². The van der Waals surface area contributed by atoms with Gasteiger partial charge in [0, 0.05) is 32.6 Å². The summed E-state index contributed by atoms with van der Waals surface area (Å²) >= 11 is 0. The van der Waals surface area contributed by atoms with Crippen LogP contribution in [0.5, 0.6) is 0 Å². The zero-order chi connectivity index (χ0) is 14.6. The number of hydrogen-bond donors (Lipinski definition) is 1. The van der Waals surface area contributed by atoms with Gasteiger partial charge in [-0.05, 0) is 17.8 Å². The van der Waals surface area contributed by atoms with Crippen molar-refractivity contribution in [1.82, 2.24) is 20.4 Å². The molecule has 1 N–H and O–H groups in total. The standard InChI is InChI=1S/C15H28N4O/c1-12(10-15(2,3)4)9-14-17-13(18-20-14)11-19-7-5-16-6-8-19/h12,16H,5-11H2,1-4H3. The summed E-state index contributed by atoms with van der Waals surface area (Å²) in [7, 11) is 0. The van der Waals surface area contributed by atoms with Crippen LogP contribution in [0.2, 0.25) is 0 Å². The highest BCUT2D eigenvalue weighted by Gasteiger charge is 2.19. The fourth-order valence-electron chi connectivity index (χ4n) is 2.92. The van der Waals surface area contributed by atoms with Crippen LogP contribution in [0.3, 0.4) is 0 Å². The molecule has 0 radical (unpaired) electrons. The molecular formula is C15H28N4O. The molecule has 114 valence electrons. The van der Waals surface area contributed by atoms with Gasteiger partial charge < -0.3 is 9.84 Å². The van der Waals surface area contributed by atoms with Crippen LogP contribution in [0, 0.1) is 11.3 Å². The van der Waals surface area contributed by atoms with Crippen LogP contribution in [0.25, 0.3) is 0 Å². The molecule has 1 aliphatic heterocycles. The van der Waals surface area contributed by atoms with E-state index in [1.54, 1.807) is 0 Å². The minimum Gasteiger partial charge on any atom is -0.339 e. The van der Waals surface area contributed by atoms with E-state index < -0.39 is 0 Å². The maximum atomic E-state index is 5.39. The molecular weight excluding hydrogens is 252 g/mol. The van der Waals surface area contributed by atoms with E-state index in [9.17, 15) is 0 Å². The summed E-state index contributed by atoms with van der Waals surface area (Å²) in [5.41, 5.74) is 0.350. The van der Waals surface area contributed by atoms with Gasteiger partial charge in [0.2, 0.25) is 5.89 Å². The molecule has 0 saturated carbocycles. The lowest BCUT2D eigenvalue weighted by Gasteiger charge is -2.25. The Balaban J connectivity index is 1.82. The molecule has 1 saturated heterocycles. The summed E-state index contributed by atoms with van der Waals surface area (Å²) < 4.78 is 5.39. The largest absolute Gasteiger partial charge is 0.339 e. The van der Waals surface area contributed by atoms with Gasteiger partial charge in [0.15, 0.2) is 5.82 Å². The molecule has 1 fully saturated rings. The molecule has 1 atom stereocenters. The average Bonchev–Trinajstić information content (AvgIpc) is 2.75. The van der Waals surface area contributed by atoms with E-state index in [0.29, 0.717) is 11.3 Å². The molecule has 2 rings (SSSR count). The second-order valence-corrected chi connectivity index (χ2v) is 7.20. The Hall–Kier alpha value is -0.940. The zero-order valence-corrected chi connectivity index (χ0v) is 13.3. The van der Waals surface area contributed by atoms with Crippen molar-refractivity contribution < 1.29 is 4.52 Å². The second-order valence-electron chi connectivity index (χ2n) is 7.20. The van der Waals surface area contributed by atoms with Crippen LogP contribution in [0.4, 0.5) is 0 Å². The molecule has 1 aliphatic rings. The smallest absolute Gasteiger partial charge is 0.226 e. The normalized spacial score (nSPS) is 19.2. The summed E-state index contributed by atoms with van der Waals surface area (Å²) in [6.07, 6.45) is 2.05. The van der Waals surface area contributed by atoms with Gasteiger partial charge in [0.1, 0.15) is 0 Å². The third kappa shape index (κ3) is 5.21. The molecule has 5 heteroatoms. The SMILES string of the molecule is CC(Cc1nc(CN2CCNCC2)no1)CC(C)(C)C. The fourth-order valence-corrected chi connectivity index (χ4v) is 2.92. The molecule has 2 heterocycles.